The van der Waals surface area contributed by atoms with Crippen molar-refractivity contribution in [2.24, 2.45) is 0 Å². The first-order valence-corrected chi connectivity index (χ1v) is 13.4. The second-order valence-corrected chi connectivity index (χ2v) is 10.1. The summed E-state index contributed by atoms with van der Waals surface area (Å²) in [5.74, 6) is 2.69. The number of rotatable bonds is 12. The van der Waals surface area contributed by atoms with Crippen LogP contribution in [0.3, 0.4) is 0 Å². The molecule has 1 aliphatic rings. The monoisotopic (exact) mass is 510 g/mol. The van der Waals surface area contributed by atoms with E-state index < -0.39 is 11.0 Å². The fourth-order valence-electron chi connectivity index (χ4n) is 4.13. The van der Waals surface area contributed by atoms with Crippen molar-refractivity contribution in [2.45, 2.75) is 25.3 Å². The quantitative estimate of drug-likeness (QED) is 0.223. The lowest BCUT2D eigenvalue weighted by molar-refractivity contribution is -0.110. The van der Waals surface area contributed by atoms with Gasteiger partial charge < -0.3 is 15.0 Å². The largest absolute Gasteiger partial charge is 0.497 e. The molecule has 0 saturated carbocycles. The standard InChI is InChI=1S/C25H31N7O3S/c1-35-23-8-6-20(7-9-23)21-16-28-25(29-17-21)31-12-14-32(15-13-31)36(34)18-22(30-19-33)4-2-5-24-26-10-3-11-27-24/h3,6-11,16-17,19,22H,2,4-5,12-15,18H2,1H3,(H,30,33)/p+1. The number of aryl methyl sites for hydroxylation is 1. The van der Waals surface area contributed by atoms with Crippen LogP contribution < -0.4 is 15.0 Å². The van der Waals surface area contributed by atoms with Gasteiger partial charge in [0.2, 0.25) is 12.4 Å². The Labute approximate surface area is 213 Å². The van der Waals surface area contributed by atoms with Gasteiger partial charge in [-0.15, -0.1) is 4.31 Å². The molecule has 3 aromatic rings. The molecule has 1 fully saturated rings. The maximum Gasteiger partial charge on any atom is 0.225 e. The van der Waals surface area contributed by atoms with E-state index in [2.05, 4.69) is 30.2 Å². The van der Waals surface area contributed by atoms with Gasteiger partial charge in [0, 0.05) is 49.9 Å². The highest BCUT2D eigenvalue weighted by atomic mass is 32.2. The van der Waals surface area contributed by atoms with E-state index in [1.807, 2.05) is 41.0 Å². The number of piperazine rings is 1. The lowest BCUT2D eigenvalue weighted by atomic mass is 10.1. The summed E-state index contributed by atoms with van der Waals surface area (Å²) in [6.45, 7) is 2.70. The number of benzene rings is 1. The number of aromatic nitrogens is 4. The summed E-state index contributed by atoms with van der Waals surface area (Å²) in [6, 6.07) is 9.44. The minimum absolute atomic E-state index is 0.137. The van der Waals surface area contributed by atoms with Crippen LogP contribution in [0.2, 0.25) is 0 Å². The molecule has 190 valence electrons. The van der Waals surface area contributed by atoms with Gasteiger partial charge in [-0.2, -0.15) is 0 Å². The van der Waals surface area contributed by atoms with Crippen molar-refractivity contribution in [1.82, 2.24) is 29.6 Å². The van der Waals surface area contributed by atoms with Gasteiger partial charge in [0.25, 0.3) is 0 Å². The summed E-state index contributed by atoms with van der Waals surface area (Å²) < 4.78 is 20.2. The molecule has 0 spiro atoms. The predicted molar refractivity (Wildman–Crippen MR) is 140 cm³/mol. The van der Waals surface area contributed by atoms with Crippen molar-refractivity contribution >= 4 is 23.3 Å². The van der Waals surface area contributed by atoms with Crippen LogP contribution in [0.15, 0.2) is 55.1 Å². The van der Waals surface area contributed by atoms with Gasteiger partial charge in [0.1, 0.15) is 28.3 Å². The molecule has 2 unspecified atom stereocenters. The number of methoxy groups -OCH3 is 1. The summed E-state index contributed by atoms with van der Waals surface area (Å²) in [5.41, 5.74) is 1.97. The molecule has 1 N–H and O–H groups in total. The number of carbonyl (C=O) groups is 1. The summed E-state index contributed by atoms with van der Waals surface area (Å²) >= 11 is 0. The predicted octanol–water partition coefficient (Wildman–Crippen LogP) is 1.81. The van der Waals surface area contributed by atoms with Crippen LogP contribution in [0.4, 0.5) is 5.95 Å². The van der Waals surface area contributed by atoms with E-state index in [1.165, 1.54) is 0 Å². The van der Waals surface area contributed by atoms with Crippen molar-refractivity contribution in [2.75, 3.05) is 43.9 Å². The summed E-state index contributed by atoms with van der Waals surface area (Å²) in [7, 11) is 0.0500. The first-order chi connectivity index (χ1) is 17.7. The van der Waals surface area contributed by atoms with Crippen LogP contribution in [0.1, 0.15) is 18.7 Å². The summed E-state index contributed by atoms with van der Waals surface area (Å²) in [5, 5.41) is 2.83. The van der Waals surface area contributed by atoms with Gasteiger partial charge in [-0.05, 0) is 36.6 Å². The maximum absolute atomic E-state index is 13.0. The van der Waals surface area contributed by atoms with Crippen LogP contribution in [0.5, 0.6) is 5.75 Å². The molecule has 4 rings (SSSR count). The first kappa shape index (κ1) is 25.6. The van der Waals surface area contributed by atoms with E-state index in [1.54, 1.807) is 25.6 Å². The Hall–Kier alpha value is -3.44. The molecule has 1 amide bonds. The van der Waals surface area contributed by atoms with Gasteiger partial charge >= 0.3 is 0 Å². The average molecular weight is 511 g/mol. The first-order valence-electron chi connectivity index (χ1n) is 12.0. The van der Waals surface area contributed by atoms with Crippen LogP contribution >= 0.6 is 0 Å². The number of nitrogens with one attached hydrogen (secondary N) is 1. The number of carbonyl (C=O) groups excluding carboxylic acids is 1. The van der Waals surface area contributed by atoms with Crippen molar-refractivity contribution in [3.05, 3.63) is 60.9 Å². The molecular formula is C25H32N7O3S+. The van der Waals surface area contributed by atoms with E-state index in [0.29, 0.717) is 44.3 Å². The zero-order chi connectivity index (χ0) is 25.2. The van der Waals surface area contributed by atoms with E-state index >= 15 is 0 Å². The third-order valence-corrected chi connectivity index (χ3v) is 7.95. The van der Waals surface area contributed by atoms with E-state index in [4.69, 9.17) is 4.74 Å². The number of thiol groups is 1. The molecule has 36 heavy (non-hydrogen) atoms. The molecule has 0 aliphatic carbocycles. The Kier molecular flexibility index (Phi) is 9.28. The second-order valence-electron chi connectivity index (χ2n) is 8.51. The molecule has 10 nitrogen and oxygen atoms in total. The molecule has 2 atom stereocenters. The highest BCUT2D eigenvalue weighted by molar-refractivity contribution is 7.82. The molecule has 3 heterocycles. The average Bonchev–Trinajstić information content (AvgIpc) is 2.94. The molecule has 11 heteroatoms. The number of anilines is 1. The minimum atomic E-state index is -1.60. The van der Waals surface area contributed by atoms with Gasteiger partial charge in [0.15, 0.2) is 0 Å². The maximum atomic E-state index is 13.0. The SMILES string of the molecule is COc1ccc(-c2cnc(N3CCN([SH+](=O)CC(CCCc4ncccn4)NC=O)CC3)nc2)cc1. The van der Waals surface area contributed by atoms with Crippen molar-refractivity contribution in [3.8, 4) is 16.9 Å². The van der Waals surface area contributed by atoms with Crippen LogP contribution in [-0.4, -0.2) is 75.7 Å². The van der Waals surface area contributed by atoms with Crippen LogP contribution in [0, 0.1) is 0 Å². The fraction of sp³-hybridized carbons (Fsp3) is 0.400. The van der Waals surface area contributed by atoms with Crippen LogP contribution in [0.25, 0.3) is 11.1 Å². The molecule has 0 bridgehead atoms. The number of amides is 1. The number of ether oxygens (including phenoxy) is 1. The van der Waals surface area contributed by atoms with E-state index in [-0.39, 0.29) is 6.04 Å². The Morgan fingerprint density at radius 1 is 1.03 bits per heavy atom. The van der Waals surface area contributed by atoms with Gasteiger partial charge in [0.05, 0.1) is 26.2 Å². The van der Waals surface area contributed by atoms with Gasteiger partial charge in [-0.1, -0.05) is 16.3 Å². The molecule has 1 aromatic carbocycles. The third-order valence-electron chi connectivity index (χ3n) is 6.17. The summed E-state index contributed by atoms with van der Waals surface area (Å²) in [6.07, 6.45) is 10.1. The van der Waals surface area contributed by atoms with Crippen molar-refractivity contribution in [3.63, 3.8) is 0 Å². The highest BCUT2D eigenvalue weighted by Gasteiger charge is 2.28. The summed E-state index contributed by atoms with van der Waals surface area (Å²) in [4.78, 5) is 30.8. The molecule has 0 radical (unpaired) electrons. The Morgan fingerprint density at radius 3 is 2.36 bits per heavy atom. The van der Waals surface area contributed by atoms with E-state index in [0.717, 1.165) is 42.0 Å². The molecule has 2 aromatic heterocycles. The Bertz CT molecular complexity index is 1110. The second kappa shape index (κ2) is 13.0. The lowest BCUT2D eigenvalue weighted by Crippen LogP contribution is -2.49. The normalized spacial score (nSPS) is 15.8. The van der Waals surface area contributed by atoms with Crippen molar-refractivity contribution in [1.29, 1.82) is 0 Å². The highest BCUT2D eigenvalue weighted by Crippen LogP contribution is 2.22. The lowest BCUT2D eigenvalue weighted by Gasteiger charge is -2.31. The van der Waals surface area contributed by atoms with Gasteiger partial charge in [-0.3, -0.25) is 4.79 Å². The van der Waals surface area contributed by atoms with Crippen molar-refractivity contribution < 1.29 is 13.7 Å². The molecule has 1 saturated heterocycles. The van der Waals surface area contributed by atoms with Gasteiger partial charge in [-0.25, -0.2) is 19.9 Å². The minimum Gasteiger partial charge on any atom is -0.497 e. The topological polar surface area (TPSA) is 113 Å². The zero-order valence-corrected chi connectivity index (χ0v) is 21.3. The Morgan fingerprint density at radius 2 is 1.72 bits per heavy atom. The third kappa shape index (κ3) is 7.05. The number of hydrogen-bond donors (Lipinski definition) is 1. The number of hydrogen-bond acceptors (Lipinski definition) is 8. The van der Waals surface area contributed by atoms with E-state index in [9.17, 15) is 9.00 Å². The Balaban J connectivity index is 1.25. The zero-order valence-electron chi connectivity index (χ0n) is 20.4. The molecule has 1 aliphatic heterocycles. The smallest absolute Gasteiger partial charge is 0.225 e. The number of nitrogens with zero attached hydrogens (tertiary/aromatic N) is 6. The molecular weight excluding hydrogens is 478 g/mol. The fourth-order valence-corrected chi connectivity index (χ4v) is 5.65. The van der Waals surface area contributed by atoms with Crippen LogP contribution in [-0.2, 0) is 26.4 Å².